The lowest BCUT2D eigenvalue weighted by molar-refractivity contribution is -0.120. The normalized spacial score (nSPS) is 11.3. The van der Waals surface area contributed by atoms with E-state index in [-0.39, 0.29) is 30.6 Å². The van der Waals surface area contributed by atoms with E-state index in [1.807, 2.05) is 6.92 Å². The Kier molecular flexibility index (Phi) is 7.33. The van der Waals surface area contributed by atoms with Crippen molar-refractivity contribution in [3.8, 4) is 0 Å². The van der Waals surface area contributed by atoms with E-state index in [1.165, 1.54) is 7.11 Å². The van der Waals surface area contributed by atoms with Crippen LogP contribution in [0.2, 0.25) is 0 Å². The van der Waals surface area contributed by atoms with Crippen LogP contribution < -0.4 is 5.32 Å². The van der Waals surface area contributed by atoms with Gasteiger partial charge in [0.1, 0.15) is 0 Å². The SMILES string of the molecule is CCCC(=O)NCCS(=O)(=O)CCOC. The summed E-state index contributed by atoms with van der Waals surface area (Å²) in [5.41, 5.74) is 0. The van der Waals surface area contributed by atoms with Gasteiger partial charge in [-0.15, -0.1) is 0 Å². The molecule has 0 rings (SSSR count). The number of sulfone groups is 1. The number of nitrogens with one attached hydrogen (secondary N) is 1. The lowest BCUT2D eigenvalue weighted by atomic mass is 10.3. The Bertz CT molecular complexity index is 274. The average Bonchev–Trinajstić information content (AvgIpc) is 2.15. The molecule has 5 nitrogen and oxygen atoms in total. The van der Waals surface area contributed by atoms with E-state index in [4.69, 9.17) is 0 Å². The molecule has 0 aliphatic carbocycles. The molecule has 6 heteroatoms. The Balaban J connectivity index is 3.70. The first-order valence-electron chi connectivity index (χ1n) is 4.98. The van der Waals surface area contributed by atoms with Gasteiger partial charge in [0.05, 0.1) is 18.1 Å². The van der Waals surface area contributed by atoms with Gasteiger partial charge in [-0.25, -0.2) is 8.42 Å². The summed E-state index contributed by atoms with van der Waals surface area (Å²) in [5, 5.41) is 2.56. The molecule has 0 saturated carbocycles. The number of hydrogen-bond acceptors (Lipinski definition) is 4. The Morgan fingerprint density at radius 2 is 2.00 bits per heavy atom. The number of carbonyl (C=O) groups is 1. The molecule has 0 radical (unpaired) electrons. The molecule has 0 heterocycles. The third-order valence-corrected chi connectivity index (χ3v) is 3.43. The highest BCUT2D eigenvalue weighted by molar-refractivity contribution is 7.91. The zero-order valence-corrected chi connectivity index (χ0v) is 10.1. The molecule has 15 heavy (non-hydrogen) atoms. The summed E-state index contributed by atoms with van der Waals surface area (Å²) in [6, 6.07) is 0. The van der Waals surface area contributed by atoms with Crippen LogP contribution in [-0.2, 0) is 19.4 Å². The summed E-state index contributed by atoms with van der Waals surface area (Å²) in [4.78, 5) is 11.0. The molecule has 0 unspecified atom stereocenters. The number of amides is 1. The van der Waals surface area contributed by atoms with Crippen LogP contribution in [0.4, 0.5) is 0 Å². The number of methoxy groups -OCH3 is 1. The maximum atomic E-state index is 11.3. The van der Waals surface area contributed by atoms with Crippen LogP contribution in [0.25, 0.3) is 0 Å². The van der Waals surface area contributed by atoms with Gasteiger partial charge in [0, 0.05) is 20.1 Å². The Morgan fingerprint density at radius 1 is 1.33 bits per heavy atom. The van der Waals surface area contributed by atoms with Gasteiger partial charge < -0.3 is 10.1 Å². The van der Waals surface area contributed by atoms with Gasteiger partial charge in [-0.2, -0.15) is 0 Å². The molecule has 0 fully saturated rings. The smallest absolute Gasteiger partial charge is 0.220 e. The van der Waals surface area contributed by atoms with Crippen molar-refractivity contribution in [1.29, 1.82) is 0 Å². The molecule has 90 valence electrons. The molecule has 0 aromatic carbocycles. The summed E-state index contributed by atoms with van der Waals surface area (Å²) in [7, 11) is -1.64. The van der Waals surface area contributed by atoms with E-state index < -0.39 is 9.84 Å². The first kappa shape index (κ1) is 14.4. The van der Waals surface area contributed by atoms with E-state index in [0.29, 0.717) is 6.42 Å². The molecular formula is C9H19NO4S. The highest BCUT2D eigenvalue weighted by Crippen LogP contribution is 1.90. The van der Waals surface area contributed by atoms with Crippen LogP contribution in [0.15, 0.2) is 0 Å². The number of carbonyl (C=O) groups excluding carboxylic acids is 1. The lowest BCUT2D eigenvalue weighted by Crippen LogP contribution is -2.30. The van der Waals surface area contributed by atoms with Crippen molar-refractivity contribution in [3.05, 3.63) is 0 Å². The van der Waals surface area contributed by atoms with Crippen molar-refractivity contribution in [2.24, 2.45) is 0 Å². The second-order valence-electron chi connectivity index (χ2n) is 3.24. The minimum absolute atomic E-state index is 0.00709. The fourth-order valence-electron chi connectivity index (χ4n) is 0.974. The highest BCUT2D eigenvalue weighted by atomic mass is 32.2. The molecule has 0 spiro atoms. The van der Waals surface area contributed by atoms with Gasteiger partial charge in [-0.3, -0.25) is 4.79 Å². The van der Waals surface area contributed by atoms with E-state index in [1.54, 1.807) is 0 Å². The molecule has 1 amide bonds. The molecule has 0 aliphatic rings. The predicted octanol–water partition coefficient (Wildman–Crippen LogP) is -0.0361. The molecule has 0 aromatic rings. The van der Waals surface area contributed by atoms with Crippen molar-refractivity contribution in [2.75, 3.05) is 31.8 Å². The number of hydrogen-bond donors (Lipinski definition) is 1. The topological polar surface area (TPSA) is 72.5 Å². The van der Waals surface area contributed by atoms with E-state index in [9.17, 15) is 13.2 Å². The minimum Gasteiger partial charge on any atom is -0.384 e. The van der Waals surface area contributed by atoms with Gasteiger partial charge in [-0.1, -0.05) is 6.92 Å². The fourth-order valence-corrected chi connectivity index (χ4v) is 2.01. The standard InChI is InChI=1S/C9H19NO4S/c1-3-4-9(11)10-5-7-15(12,13)8-6-14-2/h3-8H2,1-2H3,(H,10,11). The van der Waals surface area contributed by atoms with Crippen LogP contribution >= 0.6 is 0 Å². The van der Waals surface area contributed by atoms with Crippen LogP contribution in [-0.4, -0.2) is 46.1 Å². The van der Waals surface area contributed by atoms with E-state index in [2.05, 4.69) is 10.1 Å². The highest BCUT2D eigenvalue weighted by Gasteiger charge is 2.10. The third-order valence-electron chi connectivity index (χ3n) is 1.81. The Labute approximate surface area is 91.1 Å². The van der Waals surface area contributed by atoms with Crippen molar-refractivity contribution in [3.63, 3.8) is 0 Å². The first-order chi connectivity index (χ1) is 7.02. The summed E-state index contributed by atoms with van der Waals surface area (Å²) in [6.07, 6.45) is 1.21. The average molecular weight is 237 g/mol. The molecule has 0 bridgehead atoms. The fraction of sp³-hybridized carbons (Fsp3) is 0.889. The molecule has 0 atom stereocenters. The van der Waals surface area contributed by atoms with Gasteiger partial charge >= 0.3 is 0 Å². The van der Waals surface area contributed by atoms with Crippen molar-refractivity contribution in [1.82, 2.24) is 5.32 Å². The third kappa shape index (κ3) is 8.38. The second-order valence-corrected chi connectivity index (χ2v) is 5.55. The minimum atomic E-state index is -3.09. The quantitative estimate of drug-likeness (QED) is 0.643. The Morgan fingerprint density at radius 3 is 2.53 bits per heavy atom. The lowest BCUT2D eigenvalue weighted by Gasteiger charge is -2.05. The van der Waals surface area contributed by atoms with Crippen LogP contribution in [0.1, 0.15) is 19.8 Å². The van der Waals surface area contributed by atoms with E-state index >= 15 is 0 Å². The predicted molar refractivity (Wildman–Crippen MR) is 58.4 cm³/mol. The van der Waals surface area contributed by atoms with Gasteiger partial charge in [-0.05, 0) is 6.42 Å². The van der Waals surface area contributed by atoms with Crippen LogP contribution in [0.5, 0.6) is 0 Å². The summed E-state index contributed by atoms with van der Waals surface area (Å²) >= 11 is 0. The molecule has 0 aliphatic heterocycles. The van der Waals surface area contributed by atoms with Gasteiger partial charge in [0.15, 0.2) is 9.84 Å². The Hall–Kier alpha value is -0.620. The summed E-state index contributed by atoms with van der Waals surface area (Å²) < 4.78 is 27.3. The molecule has 0 aromatic heterocycles. The van der Waals surface area contributed by atoms with Gasteiger partial charge in [0.2, 0.25) is 5.91 Å². The zero-order valence-electron chi connectivity index (χ0n) is 9.28. The van der Waals surface area contributed by atoms with Crippen molar-refractivity contribution >= 4 is 15.7 Å². The van der Waals surface area contributed by atoms with Crippen LogP contribution in [0.3, 0.4) is 0 Å². The summed E-state index contributed by atoms with van der Waals surface area (Å²) in [6.45, 7) is 2.28. The number of rotatable bonds is 8. The zero-order chi connectivity index (χ0) is 11.7. The molecule has 0 saturated heterocycles. The second kappa shape index (κ2) is 7.64. The van der Waals surface area contributed by atoms with Crippen molar-refractivity contribution in [2.45, 2.75) is 19.8 Å². The largest absolute Gasteiger partial charge is 0.384 e. The van der Waals surface area contributed by atoms with Gasteiger partial charge in [0.25, 0.3) is 0 Å². The maximum Gasteiger partial charge on any atom is 0.220 e. The van der Waals surface area contributed by atoms with Crippen LogP contribution in [0, 0.1) is 0 Å². The maximum absolute atomic E-state index is 11.3. The van der Waals surface area contributed by atoms with E-state index in [0.717, 1.165) is 6.42 Å². The first-order valence-corrected chi connectivity index (χ1v) is 6.80. The molecule has 1 N–H and O–H groups in total. The number of ether oxygens (including phenoxy) is 1. The monoisotopic (exact) mass is 237 g/mol. The summed E-state index contributed by atoms with van der Waals surface area (Å²) in [5.74, 6) is -0.113. The van der Waals surface area contributed by atoms with Crippen molar-refractivity contribution < 1.29 is 17.9 Å². The molecular weight excluding hydrogens is 218 g/mol.